The number of nitrogens with one attached hydrogen (secondary N) is 1. The van der Waals surface area contributed by atoms with Crippen LogP contribution >= 0.6 is 0 Å². The fourth-order valence-electron chi connectivity index (χ4n) is 2.66. The summed E-state index contributed by atoms with van der Waals surface area (Å²) in [5.41, 5.74) is 0.608. The van der Waals surface area contributed by atoms with E-state index >= 15 is 0 Å². The lowest BCUT2D eigenvalue weighted by atomic mass is 10.2. The van der Waals surface area contributed by atoms with E-state index in [0.717, 1.165) is 6.42 Å². The molecule has 0 radical (unpaired) electrons. The van der Waals surface area contributed by atoms with Gasteiger partial charge in [0.1, 0.15) is 12.4 Å². The van der Waals surface area contributed by atoms with Gasteiger partial charge >= 0.3 is 5.97 Å². The molecule has 2 aromatic carbocycles. The van der Waals surface area contributed by atoms with E-state index in [1.165, 1.54) is 0 Å². The van der Waals surface area contributed by atoms with E-state index in [4.69, 9.17) is 14.2 Å². The molecular weight excluding hydrogens is 360 g/mol. The van der Waals surface area contributed by atoms with E-state index in [-0.39, 0.29) is 18.0 Å². The van der Waals surface area contributed by atoms with Gasteiger partial charge < -0.3 is 19.2 Å². The van der Waals surface area contributed by atoms with Crippen molar-refractivity contribution in [2.75, 3.05) is 13.2 Å². The van der Waals surface area contributed by atoms with E-state index in [9.17, 15) is 9.59 Å². The summed E-state index contributed by atoms with van der Waals surface area (Å²) in [5, 5.41) is 0.488. The Balaban J connectivity index is 1.74. The summed E-state index contributed by atoms with van der Waals surface area (Å²) in [6.45, 7) is 4.73. The quantitative estimate of drug-likeness (QED) is 0.600. The number of para-hydroxylation sites is 1. The molecule has 1 aromatic heterocycles. The Hall–Kier alpha value is -3.35. The molecule has 28 heavy (non-hydrogen) atoms. The van der Waals surface area contributed by atoms with Crippen LogP contribution < -0.4 is 15.0 Å². The van der Waals surface area contributed by atoms with E-state index < -0.39 is 5.97 Å². The fourth-order valence-corrected chi connectivity index (χ4v) is 2.66. The van der Waals surface area contributed by atoms with E-state index in [1.54, 1.807) is 42.5 Å². The summed E-state index contributed by atoms with van der Waals surface area (Å²) in [5.74, 6) is 0.812. The van der Waals surface area contributed by atoms with E-state index in [0.29, 0.717) is 41.2 Å². The lowest BCUT2D eigenvalue weighted by molar-refractivity contribution is 0.0461. The van der Waals surface area contributed by atoms with Gasteiger partial charge in [-0.3, -0.25) is 4.79 Å². The first-order valence-corrected chi connectivity index (χ1v) is 9.17. The molecule has 0 atom stereocenters. The number of H-pyrrole nitrogens is 1. The standard InChI is InChI=1S/C21H22N2O5/c1-3-11-27-17-10-9-14(12-18(17)26-4-2)21(25)28-13-19-22-16-8-6-5-7-15(16)20(24)23-19/h5-10,12H,3-4,11,13H2,1-2H3,(H,22,23,24). The van der Waals surface area contributed by atoms with Crippen molar-refractivity contribution in [3.05, 3.63) is 64.2 Å². The fraction of sp³-hybridized carbons (Fsp3) is 0.286. The Morgan fingerprint density at radius 3 is 2.68 bits per heavy atom. The molecule has 7 nitrogen and oxygen atoms in total. The molecule has 1 heterocycles. The predicted molar refractivity (Wildman–Crippen MR) is 105 cm³/mol. The van der Waals surface area contributed by atoms with Gasteiger partial charge in [-0.15, -0.1) is 0 Å². The molecule has 3 rings (SSSR count). The summed E-state index contributed by atoms with van der Waals surface area (Å²) < 4.78 is 16.5. The molecule has 1 N–H and O–H groups in total. The van der Waals surface area contributed by atoms with Crippen LogP contribution in [-0.4, -0.2) is 29.2 Å². The minimum Gasteiger partial charge on any atom is -0.490 e. The van der Waals surface area contributed by atoms with Crippen LogP contribution in [0.1, 0.15) is 36.5 Å². The van der Waals surface area contributed by atoms with Crippen LogP contribution in [-0.2, 0) is 11.3 Å². The highest BCUT2D eigenvalue weighted by Crippen LogP contribution is 2.29. The summed E-state index contributed by atoms with van der Waals surface area (Å²) >= 11 is 0. The third-order valence-electron chi connectivity index (χ3n) is 3.94. The highest BCUT2D eigenvalue weighted by molar-refractivity contribution is 5.90. The number of aromatic nitrogens is 2. The number of aromatic amines is 1. The van der Waals surface area contributed by atoms with Crippen molar-refractivity contribution < 1.29 is 19.0 Å². The van der Waals surface area contributed by atoms with Crippen molar-refractivity contribution in [3.8, 4) is 11.5 Å². The minimum atomic E-state index is -0.543. The van der Waals surface area contributed by atoms with Crippen molar-refractivity contribution in [2.24, 2.45) is 0 Å². The van der Waals surface area contributed by atoms with Crippen molar-refractivity contribution >= 4 is 16.9 Å². The van der Waals surface area contributed by atoms with Crippen molar-refractivity contribution in [1.29, 1.82) is 0 Å². The summed E-state index contributed by atoms with van der Waals surface area (Å²) in [6, 6.07) is 11.9. The molecule has 0 spiro atoms. The monoisotopic (exact) mass is 382 g/mol. The van der Waals surface area contributed by atoms with Crippen LogP contribution in [0.3, 0.4) is 0 Å². The molecule has 7 heteroatoms. The largest absolute Gasteiger partial charge is 0.490 e. The first kappa shape index (κ1) is 19.4. The van der Waals surface area contributed by atoms with Gasteiger partial charge in [0.25, 0.3) is 5.56 Å². The zero-order chi connectivity index (χ0) is 19.9. The Morgan fingerprint density at radius 2 is 1.89 bits per heavy atom. The van der Waals surface area contributed by atoms with E-state index in [2.05, 4.69) is 9.97 Å². The Morgan fingerprint density at radius 1 is 1.07 bits per heavy atom. The van der Waals surface area contributed by atoms with Crippen molar-refractivity contribution in [3.63, 3.8) is 0 Å². The molecule has 0 saturated heterocycles. The normalized spacial score (nSPS) is 10.6. The third-order valence-corrected chi connectivity index (χ3v) is 3.94. The minimum absolute atomic E-state index is 0.142. The number of hydrogen-bond donors (Lipinski definition) is 1. The number of carbonyl (C=O) groups excluding carboxylic acids is 1. The second kappa shape index (κ2) is 9.03. The number of esters is 1. The van der Waals surface area contributed by atoms with Gasteiger partial charge in [-0.05, 0) is 43.7 Å². The third kappa shape index (κ3) is 4.49. The molecule has 0 aliphatic carbocycles. The molecule has 0 bridgehead atoms. The Labute approximate surface area is 162 Å². The van der Waals surface area contributed by atoms with Crippen LogP contribution in [0.4, 0.5) is 0 Å². The maximum atomic E-state index is 12.4. The van der Waals surface area contributed by atoms with Crippen molar-refractivity contribution in [1.82, 2.24) is 9.97 Å². The van der Waals surface area contributed by atoms with Gasteiger partial charge in [-0.2, -0.15) is 0 Å². The van der Waals surface area contributed by atoms with E-state index in [1.807, 2.05) is 13.8 Å². The Bertz CT molecular complexity index is 1030. The van der Waals surface area contributed by atoms with Crippen LogP contribution in [0, 0.1) is 0 Å². The SMILES string of the molecule is CCCOc1ccc(C(=O)OCc2nc3ccccc3c(=O)[nH]2)cc1OCC. The summed E-state index contributed by atoms with van der Waals surface area (Å²) in [4.78, 5) is 31.4. The first-order valence-electron chi connectivity index (χ1n) is 9.17. The molecule has 0 unspecified atom stereocenters. The number of hydrogen-bond acceptors (Lipinski definition) is 6. The highest BCUT2D eigenvalue weighted by atomic mass is 16.5. The predicted octanol–water partition coefficient (Wildman–Crippen LogP) is 3.47. The van der Waals surface area contributed by atoms with Gasteiger partial charge in [-0.25, -0.2) is 9.78 Å². The number of fused-ring (bicyclic) bond motifs is 1. The number of rotatable bonds is 8. The maximum Gasteiger partial charge on any atom is 0.338 e. The molecule has 0 fully saturated rings. The second-order valence-corrected chi connectivity index (χ2v) is 6.05. The topological polar surface area (TPSA) is 90.5 Å². The molecular formula is C21H22N2O5. The maximum absolute atomic E-state index is 12.4. The zero-order valence-electron chi connectivity index (χ0n) is 15.9. The molecule has 146 valence electrons. The van der Waals surface area contributed by atoms with Crippen LogP contribution in [0.2, 0.25) is 0 Å². The average molecular weight is 382 g/mol. The van der Waals surface area contributed by atoms with Gasteiger partial charge in [0.15, 0.2) is 11.5 Å². The number of ether oxygens (including phenoxy) is 3. The molecule has 0 aliphatic heterocycles. The average Bonchev–Trinajstić information content (AvgIpc) is 2.71. The van der Waals surface area contributed by atoms with Crippen molar-refractivity contribution in [2.45, 2.75) is 26.9 Å². The smallest absolute Gasteiger partial charge is 0.338 e. The number of nitrogens with zero attached hydrogens (tertiary/aromatic N) is 1. The lowest BCUT2D eigenvalue weighted by Crippen LogP contribution is -2.14. The van der Waals surface area contributed by atoms with Gasteiger partial charge in [-0.1, -0.05) is 19.1 Å². The van der Waals surface area contributed by atoms with Gasteiger partial charge in [0.05, 0.1) is 29.7 Å². The second-order valence-electron chi connectivity index (χ2n) is 6.05. The van der Waals surface area contributed by atoms with Crippen LogP contribution in [0.25, 0.3) is 10.9 Å². The molecule has 0 aliphatic rings. The molecule has 3 aromatic rings. The summed E-state index contributed by atoms with van der Waals surface area (Å²) in [6.07, 6.45) is 0.867. The Kier molecular flexibility index (Phi) is 6.26. The van der Waals surface area contributed by atoms with Gasteiger partial charge in [0.2, 0.25) is 0 Å². The highest BCUT2D eigenvalue weighted by Gasteiger charge is 2.14. The number of carbonyl (C=O) groups is 1. The lowest BCUT2D eigenvalue weighted by Gasteiger charge is -2.12. The first-order chi connectivity index (χ1) is 13.6. The zero-order valence-corrected chi connectivity index (χ0v) is 15.9. The summed E-state index contributed by atoms with van der Waals surface area (Å²) in [7, 11) is 0. The van der Waals surface area contributed by atoms with Crippen LogP contribution in [0.15, 0.2) is 47.3 Å². The van der Waals surface area contributed by atoms with Crippen LogP contribution in [0.5, 0.6) is 11.5 Å². The molecule has 0 amide bonds. The van der Waals surface area contributed by atoms with Gasteiger partial charge in [0, 0.05) is 0 Å². The number of benzene rings is 2. The molecule has 0 saturated carbocycles.